The summed E-state index contributed by atoms with van der Waals surface area (Å²) in [7, 11) is 1.67. The number of nitrogens with zero attached hydrogens (tertiary/aromatic N) is 1. The first-order valence-corrected chi connectivity index (χ1v) is 10.9. The number of aryl methyl sites for hydroxylation is 1. The van der Waals surface area contributed by atoms with Crippen molar-refractivity contribution in [2.24, 2.45) is 4.99 Å². The average Bonchev–Trinajstić information content (AvgIpc) is 2.79. The number of phenolic OH excluding ortho intramolecular Hbond substituents is 1. The number of nitrogens with one attached hydrogen (secondary N) is 1. The molecule has 0 bridgehead atoms. The van der Waals surface area contributed by atoms with Gasteiger partial charge in [-0.25, -0.2) is 0 Å². The first kappa shape index (κ1) is 20.6. The molecule has 0 saturated heterocycles. The molecule has 2 N–H and O–H groups in total. The van der Waals surface area contributed by atoms with Gasteiger partial charge in [-0.2, -0.15) is 0 Å². The number of ether oxygens (including phenoxy) is 1. The minimum absolute atomic E-state index is 0.0711. The van der Waals surface area contributed by atoms with Gasteiger partial charge in [0.05, 0.1) is 7.11 Å². The highest BCUT2D eigenvalue weighted by Crippen LogP contribution is 2.37. The summed E-state index contributed by atoms with van der Waals surface area (Å²) in [5, 5.41) is 14.1. The average molecular weight is 465 g/mol. The summed E-state index contributed by atoms with van der Waals surface area (Å²) >= 11 is 3.57. The van der Waals surface area contributed by atoms with E-state index in [4.69, 9.17) is 9.73 Å². The molecule has 0 spiro atoms. The number of phenols is 1. The zero-order valence-corrected chi connectivity index (χ0v) is 18.7. The lowest BCUT2D eigenvalue weighted by Crippen LogP contribution is -2.33. The van der Waals surface area contributed by atoms with Gasteiger partial charge in [0.25, 0.3) is 0 Å². The Bertz CT molecular complexity index is 1060. The van der Waals surface area contributed by atoms with Gasteiger partial charge < -0.3 is 9.84 Å². The van der Waals surface area contributed by atoms with Crippen molar-refractivity contribution in [2.75, 3.05) is 7.11 Å². The van der Waals surface area contributed by atoms with E-state index in [2.05, 4.69) is 52.4 Å². The van der Waals surface area contributed by atoms with Crippen LogP contribution in [-0.4, -0.2) is 17.9 Å². The molecule has 30 heavy (non-hydrogen) atoms. The van der Waals surface area contributed by atoms with Crippen molar-refractivity contribution in [3.05, 3.63) is 93.5 Å². The van der Waals surface area contributed by atoms with Crippen molar-refractivity contribution in [3.63, 3.8) is 0 Å². The highest BCUT2D eigenvalue weighted by atomic mass is 79.9. The molecule has 1 aliphatic heterocycles. The van der Waals surface area contributed by atoms with Crippen LogP contribution in [0.25, 0.3) is 0 Å². The molecule has 0 aliphatic carbocycles. The van der Waals surface area contributed by atoms with E-state index in [9.17, 15) is 5.11 Å². The Hall–Kier alpha value is -2.63. The molecule has 0 amide bonds. The van der Waals surface area contributed by atoms with Gasteiger partial charge in [0.1, 0.15) is 17.7 Å². The maximum atomic E-state index is 10.5. The van der Waals surface area contributed by atoms with Crippen LogP contribution in [0.4, 0.5) is 0 Å². The second-order valence-corrected chi connectivity index (χ2v) is 8.31. The van der Waals surface area contributed by atoms with E-state index in [0.717, 1.165) is 39.0 Å². The van der Waals surface area contributed by atoms with E-state index in [1.165, 1.54) is 5.56 Å². The molecule has 0 aromatic heterocycles. The van der Waals surface area contributed by atoms with E-state index in [1.54, 1.807) is 13.2 Å². The lowest BCUT2D eigenvalue weighted by molar-refractivity contribution is 0.381. The second-order valence-electron chi connectivity index (χ2n) is 7.40. The summed E-state index contributed by atoms with van der Waals surface area (Å²) in [6, 6.07) is 21.9. The summed E-state index contributed by atoms with van der Waals surface area (Å²) in [5.74, 6) is 1.07. The lowest BCUT2D eigenvalue weighted by atomic mass is 9.93. The molecule has 0 saturated carbocycles. The zero-order chi connectivity index (χ0) is 21.1. The number of aromatic hydroxyl groups is 1. The minimum atomic E-state index is -0.295. The Balaban J connectivity index is 1.79. The lowest BCUT2D eigenvalue weighted by Gasteiger charge is -2.31. The second kappa shape index (κ2) is 9.02. The van der Waals surface area contributed by atoms with E-state index in [-0.39, 0.29) is 18.0 Å². The molecule has 2 atom stereocenters. The van der Waals surface area contributed by atoms with E-state index < -0.39 is 0 Å². The number of benzene rings is 3. The maximum absolute atomic E-state index is 10.5. The van der Waals surface area contributed by atoms with Crippen molar-refractivity contribution in [1.29, 1.82) is 0 Å². The Labute approximate surface area is 185 Å². The molecule has 5 heteroatoms. The fourth-order valence-corrected chi connectivity index (χ4v) is 4.25. The molecule has 0 radical (unpaired) electrons. The molecular formula is C25H25BrN2O2. The monoisotopic (exact) mass is 464 g/mol. The quantitative estimate of drug-likeness (QED) is 0.490. The van der Waals surface area contributed by atoms with Gasteiger partial charge in [-0.05, 0) is 41.8 Å². The smallest absolute Gasteiger partial charge is 0.130 e. The Morgan fingerprint density at radius 2 is 1.83 bits per heavy atom. The molecular weight excluding hydrogens is 440 g/mol. The van der Waals surface area contributed by atoms with Gasteiger partial charge in [-0.15, -0.1) is 0 Å². The van der Waals surface area contributed by atoms with Gasteiger partial charge in [-0.3, -0.25) is 10.3 Å². The molecule has 1 aliphatic rings. The third-order valence-corrected chi connectivity index (χ3v) is 6.03. The van der Waals surface area contributed by atoms with Gasteiger partial charge in [0, 0.05) is 33.8 Å². The molecule has 3 aromatic carbocycles. The van der Waals surface area contributed by atoms with Crippen LogP contribution in [0.3, 0.4) is 0 Å². The van der Waals surface area contributed by atoms with Gasteiger partial charge >= 0.3 is 0 Å². The highest BCUT2D eigenvalue weighted by Gasteiger charge is 2.29. The van der Waals surface area contributed by atoms with Crippen LogP contribution in [0.1, 0.15) is 47.8 Å². The van der Waals surface area contributed by atoms with Crippen LogP contribution in [0, 0.1) is 0 Å². The van der Waals surface area contributed by atoms with Gasteiger partial charge in [0.2, 0.25) is 0 Å². The number of halogens is 1. The van der Waals surface area contributed by atoms with Crippen LogP contribution < -0.4 is 10.1 Å². The normalized spacial score (nSPS) is 18.7. The summed E-state index contributed by atoms with van der Waals surface area (Å²) in [5.41, 5.74) is 5.24. The van der Waals surface area contributed by atoms with Crippen molar-refractivity contribution in [2.45, 2.75) is 32.0 Å². The number of aliphatic imine (C=N–C) groups is 1. The first-order valence-electron chi connectivity index (χ1n) is 10.1. The standard InChI is InChI=1S/C25H25BrN2O2/c1-3-16-8-10-17(11-9-16)21-15-22(19-6-4-5-7-23(19)29)28-25(27-21)20-14-18(26)12-13-24(20)30-2/h4-14,22,25,28-29H,3,15H2,1-2H3/t22-,25+/m1/s1. The number of para-hydroxylation sites is 1. The molecule has 1 heterocycles. The molecule has 0 unspecified atom stereocenters. The van der Waals surface area contributed by atoms with Crippen LogP contribution in [0.5, 0.6) is 11.5 Å². The topological polar surface area (TPSA) is 53.8 Å². The fraction of sp³-hybridized carbons (Fsp3) is 0.240. The van der Waals surface area contributed by atoms with Crippen LogP contribution in [0.15, 0.2) is 76.2 Å². The summed E-state index contributed by atoms with van der Waals surface area (Å²) in [6.07, 6.45) is 1.40. The minimum Gasteiger partial charge on any atom is -0.508 e. The number of rotatable bonds is 5. The third kappa shape index (κ3) is 4.27. The van der Waals surface area contributed by atoms with Crippen molar-refractivity contribution in [3.8, 4) is 11.5 Å². The summed E-state index contributed by atoms with van der Waals surface area (Å²) < 4.78 is 6.58. The summed E-state index contributed by atoms with van der Waals surface area (Å²) in [4.78, 5) is 5.06. The van der Waals surface area contributed by atoms with E-state index in [1.807, 2.05) is 36.4 Å². The summed E-state index contributed by atoms with van der Waals surface area (Å²) in [6.45, 7) is 2.15. The first-order chi connectivity index (χ1) is 14.6. The zero-order valence-electron chi connectivity index (χ0n) is 17.1. The van der Waals surface area contributed by atoms with Crippen LogP contribution >= 0.6 is 15.9 Å². The predicted octanol–water partition coefficient (Wildman–Crippen LogP) is 5.95. The number of hydrogen-bond acceptors (Lipinski definition) is 4. The third-order valence-electron chi connectivity index (χ3n) is 5.54. The van der Waals surface area contributed by atoms with Crippen molar-refractivity contribution >= 4 is 21.6 Å². The fourth-order valence-electron chi connectivity index (χ4n) is 3.87. The Morgan fingerprint density at radius 1 is 1.07 bits per heavy atom. The van der Waals surface area contributed by atoms with E-state index >= 15 is 0 Å². The van der Waals surface area contributed by atoms with E-state index in [0.29, 0.717) is 6.42 Å². The molecule has 3 aromatic rings. The maximum Gasteiger partial charge on any atom is 0.130 e. The Kier molecular flexibility index (Phi) is 6.21. The number of hydrogen-bond donors (Lipinski definition) is 2. The largest absolute Gasteiger partial charge is 0.508 e. The molecule has 4 rings (SSSR count). The number of methoxy groups -OCH3 is 1. The van der Waals surface area contributed by atoms with Gasteiger partial charge in [-0.1, -0.05) is 65.3 Å². The highest BCUT2D eigenvalue weighted by molar-refractivity contribution is 9.10. The van der Waals surface area contributed by atoms with Crippen molar-refractivity contribution in [1.82, 2.24) is 5.32 Å². The molecule has 154 valence electrons. The SMILES string of the molecule is CCc1ccc(C2=N[C@H](c3cc(Br)ccc3OC)N[C@@H](c3ccccc3O)C2)cc1. The Morgan fingerprint density at radius 3 is 2.53 bits per heavy atom. The van der Waals surface area contributed by atoms with Gasteiger partial charge in [0.15, 0.2) is 0 Å². The molecule has 0 fully saturated rings. The predicted molar refractivity (Wildman–Crippen MR) is 124 cm³/mol. The molecule has 4 nitrogen and oxygen atoms in total. The van der Waals surface area contributed by atoms with Crippen LogP contribution in [0.2, 0.25) is 0 Å². The van der Waals surface area contributed by atoms with Crippen LogP contribution in [-0.2, 0) is 6.42 Å². The van der Waals surface area contributed by atoms with Crippen molar-refractivity contribution < 1.29 is 9.84 Å².